The Labute approximate surface area is 130 Å². The highest BCUT2D eigenvalue weighted by Gasteiger charge is 2.67. The van der Waals surface area contributed by atoms with E-state index in [1.54, 1.807) is 7.11 Å². The van der Waals surface area contributed by atoms with E-state index in [0.29, 0.717) is 18.1 Å². The SMILES string of the molecule is CCC(CC)N(CCOC)CC1(N)C2CCOC2C1(C)C. The largest absolute Gasteiger partial charge is 0.383 e. The van der Waals surface area contributed by atoms with Gasteiger partial charge in [-0.05, 0) is 19.3 Å². The molecule has 2 N–H and O–H groups in total. The van der Waals surface area contributed by atoms with Crippen LogP contribution in [0.15, 0.2) is 0 Å². The molecule has 1 aliphatic carbocycles. The Morgan fingerprint density at radius 2 is 2.00 bits per heavy atom. The van der Waals surface area contributed by atoms with Crippen LogP contribution in [0, 0.1) is 11.3 Å². The first-order valence-corrected chi connectivity index (χ1v) is 8.55. The van der Waals surface area contributed by atoms with Gasteiger partial charge in [0.15, 0.2) is 0 Å². The van der Waals surface area contributed by atoms with Crippen molar-refractivity contribution >= 4 is 0 Å². The van der Waals surface area contributed by atoms with Gasteiger partial charge in [-0.1, -0.05) is 27.7 Å². The molecular formula is C17H34N2O2. The second kappa shape index (κ2) is 6.53. The van der Waals surface area contributed by atoms with E-state index >= 15 is 0 Å². The van der Waals surface area contributed by atoms with E-state index in [1.807, 2.05) is 0 Å². The second-order valence-electron chi connectivity index (χ2n) is 7.38. The minimum atomic E-state index is -0.134. The van der Waals surface area contributed by atoms with Gasteiger partial charge in [0.25, 0.3) is 0 Å². The lowest BCUT2D eigenvalue weighted by Gasteiger charge is -2.64. The van der Waals surface area contributed by atoms with Gasteiger partial charge in [0, 0.05) is 49.7 Å². The zero-order valence-electron chi connectivity index (χ0n) is 14.5. The first-order valence-electron chi connectivity index (χ1n) is 8.55. The van der Waals surface area contributed by atoms with Crippen LogP contribution >= 0.6 is 0 Å². The van der Waals surface area contributed by atoms with Gasteiger partial charge in [-0.15, -0.1) is 0 Å². The van der Waals surface area contributed by atoms with Gasteiger partial charge in [0.1, 0.15) is 0 Å². The molecule has 2 aliphatic rings. The second-order valence-corrected chi connectivity index (χ2v) is 7.38. The van der Waals surface area contributed by atoms with Crippen LogP contribution in [-0.4, -0.2) is 56.0 Å². The van der Waals surface area contributed by atoms with E-state index < -0.39 is 0 Å². The Morgan fingerprint density at radius 1 is 1.33 bits per heavy atom. The van der Waals surface area contributed by atoms with Crippen LogP contribution < -0.4 is 5.73 Å². The number of hydrogen-bond acceptors (Lipinski definition) is 4. The molecule has 1 saturated carbocycles. The molecule has 2 rings (SSSR count). The molecule has 3 atom stereocenters. The first-order chi connectivity index (χ1) is 9.92. The summed E-state index contributed by atoms with van der Waals surface area (Å²) in [5, 5.41) is 0. The maximum atomic E-state index is 6.92. The maximum Gasteiger partial charge on any atom is 0.0691 e. The summed E-state index contributed by atoms with van der Waals surface area (Å²) in [5.41, 5.74) is 6.85. The Hall–Kier alpha value is -0.160. The summed E-state index contributed by atoms with van der Waals surface area (Å²) >= 11 is 0. The van der Waals surface area contributed by atoms with Crippen LogP contribution in [0.5, 0.6) is 0 Å². The van der Waals surface area contributed by atoms with Crippen LogP contribution in [-0.2, 0) is 9.47 Å². The molecule has 3 unspecified atom stereocenters. The van der Waals surface area contributed by atoms with E-state index in [4.69, 9.17) is 15.2 Å². The van der Waals surface area contributed by atoms with Crippen LogP contribution in [0.3, 0.4) is 0 Å². The number of nitrogens with two attached hydrogens (primary N) is 1. The molecule has 4 heteroatoms. The molecule has 2 fully saturated rings. The van der Waals surface area contributed by atoms with Crippen molar-refractivity contribution in [3.05, 3.63) is 0 Å². The van der Waals surface area contributed by atoms with Gasteiger partial charge < -0.3 is 15.2 Å². The molecule has 21 heavy (non-hydrogen) atoms. The average Bonchev–Trinajstić information content (AvgIpc) is 2.94. The summed E-state index contributed by atoms with van der Waals surface area (Å²) in [4.78, 5) is 2.56. The van der Waals surface area contributed by atoms with E-state index in [2.05, 4.69) is 32.6 Å². The quantitative estimate of drug-likeness (QED) is 0.747. The van der Waals surface area contributed by atoms with Gasteiger partial charge in [0.05, 0.1) is 12.7 Å². The fourth-order valence-corrected chi connectivity index (χ4v) is 4.54. The van der Waals surface area contributed by atoms with Crippen molar-refractivity contribution in [2.45, 2.75) is 64.6 Å². The molecule has 0 aromatic heterocycles. The third-order valence-corrected chi connectivity index (χ3v) is 6.17. The van der Waals surface area contributed by atoms with Gasteiger partial charge in [-0.25, -0.2) is 0 Å². The van der Waals surface area contributed by atoms with Crippen molar-refractivity contribution in [2.75, 3.05) is 33.4 Å². The highest BCUT2D eigenvalue weighted by molar-refractivity contribution is 5.21. The minimum Gasteiger partial charge on any atom is -0.383 e. The fourth-order valence-electron chi connectivity index (χ4n) is 4.54. The van der Waals surface area contributed by atoms with Crippen LogP contribution in [0.4, 0.5) is 0 Å². The number of ether oxygens (including phenoxy) is 2. The zero-order chi connectivity index (χ0) is 15.7. The molecule has 1 saturated heterocycles. The molecule has 0 radical (unpaired) electrons. The maximum absolute atomic E-state index is 6.92. The topological polar surface area (TPSA) is 47.7 Å². The molecule has 0 spiro atoms. The molecule has 0 aromatic rings. The van der Waals surface area contributed by atoms with Gasteiger partial charge >= 0.3 is 0 Å². The third-order valence-electron chi connectivity index (χ3n) is 6.17. The molecule has 124 valence electrons. The monoisotopic (exact) mass is 298 g/mol. The summed E-state index contributed by atoms with van der Waals surface area (Å²) in [6, 6.07) is 0.595. The normalized spacial score (nSPS) is 34.3. The molecule has 0 amide bonds. The standard InChI is InChI=1S/C17H34N2O2/c1-6-13(7-2)19(9-11-20-5)12-17(18)14-8-10-21-15(14)16(17,3)4/h13-15H,6-12,18H2,1-5H3. The highest BCUT2D eigenvalue weighted by atomic mass is 16.5. The lowest BCUT2D eigenvalue weighted by Crippen LogP contribution is -2.78. The first kappa shape index (κ1) is 17.2. The van der Waals surface area contributed by atoms with Crippen molar-refractivity contribution in [3.63, 3.8) is 0 Å². The Kier molecular flexibility index (Phi) is 5.35. The predicted molar refractivity (Wildman–Crippen MR) is 86.4 cm³/mol. The Balaban J connectivity index is 2.11. The van der Waals surface area contributed by atoms with Crippen molar-refractivity contribution in [3.8, 4) is 0 Å². The number of nitrogens with zero attached hydrogens (tertiary/aromatic N) is 1. The van der Waals surface area contributed by atoms with E-state index in [1.165, 1.54) is 12.8 Å². The smallest absolute Gasteiger partial charge is 0.0691 e. The summed E-state index contributed by atoms with van der Waals surface area (Å²) in [6.07, 6.45) is 3.81. The molecule has 0 aromatic carbocycles. The highest BCUT2D eigenvalue weighted by Crippen LogP contribution is 2.58. The third kappa shape index (κ3) is 2.76. The van der Waals surface area contributed by atoms with E-state index in [9.17, 15) is 0 Å². The number of methoxy groups -OCH3 is 1. The van der Waals surface area contributed by atoms with Gasteiger partial charge in [-0.3, -0.25) is 4.90 Å². The van der Waals surface area contributed by atoms with Gasteiger partial charge in [0.2, 0.25) is 0 Å². The zero-order valence-corrected chi connectivity index (χ0v) is 14.5. The van der Waals surface area contributed by atoms with Crippen molar-refractivity contribution in [1.29, 1.82) is 0 Å². The summed E-state index contributed by atoms with van der Waals surface area (Å²) < 4.78 is 11.2. The van der Waals surface area contributed by atoms with Crippen molar-refractivity contribution in [2.24, 2.45) is 17.1 Å². The van der Waals surface area contributed by atoms with E-state index in [-0.39, 0.29) is 11.0 Å². The molecule has 1 heterocycles. The lowest BCUT2D eigenvalue weighted by molar-refractivity contribution is -0.166. The predicted octanol–water partition coefficient (Wildman–Crippen LogP) is 2.27. The fraction of sp³-hybridized carbons (Fsp3) is 1.00. The molecular weight excluding hydrogens is 264 g/mol. The average molecular weight is 298 g/mol. The van der Waals surface area contributed by atoms with Crippen molar-refractivity contribution in [1.82, 2.24) is 4.90 Å². The molecule has 0 bridgehead atoms. The lowest BCUT2D eigenvalue weighted by atomic mass is 9.48. The molecule has 1 aliphatic heterocycles. The van der Waals surface area contributed by atoms with Crippen molar-refractivity contribution < 1.29 is 9.47 Å². The van der Waals surface area contributed by atoms with Crippen LogP contribution in [0.25, 0.3) is 0 Å². The summed E-state index contributed by atoms with van der Waals surface area (Å²) in [7, 11) is 1.78. The summed E-state index contributed by atoms with van der Waals surface area (Å²) in [6.45, 7) is 12.7. The number of rotatable bonds is 8. The minimum absolute atomic E-state index is 0.0610. The van der Waals surface area contributed by atoms with E-state index in [0.717, 1.165) is 32.7 Å². The van der Waals surface area contributed by atoms with Crippen LogP contribution in [0.2, 0.25) is 0 Å². The number of hydrogen-bond donors (Lipinski definition) is 1. The van der Waals surface area contributed by atoms with Gasteiger partial charge in [-0.2, -0.15) is 0 Å². The van der Waals surface area contributed by atoms with Crippen LogP contribution in [0.1, 0.15) is 47.0 Å². The molecule has 4 nitrogen and oxygen atoms in total. The number of fused-ring (bicyclic) bond motifs is 1. The summed E-state index contributed by atoms with van der Waals surface area (Å²) in [5.74, 6) is 0.520. The Bertz CT molecular complexity index is 344. The Morgan fingerprint density at radius 3 is 2.57 bits per heavy atom.